The number of primary amides is 1. The molecule has 56 valence electrons. The third-order valence-electron chi connectivity index (χ3n) is 1.55. The molecule has 4 heteroatoms. The van der Waals surface area contributed by atoms with Gasteiger partial charge in [-0.05, 0) is 11.4 Å². The van der Waals surface area contributed by atoms with E-state index in [1.807, 2.05) is 11.4 Å². The lowest BCUT2D eigenvalue weighted by molar-refractivity contribution is 0.100. The summed E-state index contributed by atoms with van der Waals surface area (Å²) in [5.74, 6) is -0.376. The summed E-state index contributed by atoms with van der Waals surface area (Å²) in [4.78, 5) is 13.7. The molecule has 0 radical (unpaired) electrons. The van der Waals surface area contributed by atoms with Crippen LogP contribution in [0.15, 0.2) is 17.6 Å². The number of carbonyl (C=O) groups excluding carboxylic acids is 1. The number of H-pyrrole nitrogens is 1. The molecule has 0 fully saturated rings. The highest BCUT2D eigenvalue weighted by molar-refractivity contribution is 7.17. The highest BCUT2D eigenvalue weighted by atomic mass is 32.1. The van der Waals surface area contributed by atoms with E-state index in [4.69, 9.17) is 5.73 Å². The Morgan fingerprint density at radius 1 is 1.64 bits per heavy atom. The normalized spacial score (nSPS) is 10.5. The van der Waals surface area contributed by atoms with Gasteiger partial charge in [0.15, 0.2) is 0 Å². The maximum Gasteiger partial charge on any atom is 0.251 e. The van der Waals surface area contributed by atoms with E-state index in [1.54, 1.807) is 6.20 Å². The molecular formula is C7H6N2OS. The van der Waals surface area contributed by atoms with Crippen molar-refractivity contribution in [2.24, 2.45) is 5.73 Å². The fourth-order valence-corrected chi connectivity index (χ4v) is 1.91. The standard InChI is InChI=1S/C7H6N2OS/c8-7(10)4-3-9-5-1-2-11-6(4)5/h1-3,9H,(H2,8,10). The Hall–Kier alpha value is -1.29. The SMILES string of the molecule is NC(=O)c1c[nH]c2ccsc12. The first kappa shape index (κ1) is 6.42. The van der Waals surface area contributed by atoms with Gasteiger partial charge in [0.1, 0.15) is 0 Å². The van der Waals surface area contributed by atoms with Crippen LogP contribution in [0.3, 0.4) is 0 Å². The average molecular weight is 166 g/mol. The van der Waals surface area contributed by atoms with Gasteiger partial charge < -0.3 is 10.7 Å². The van der Waals surface area contributed by atoms with Crippen molar-refractivity contribution in [1.82, 2.24) is 4.98 Å². The Bertz CT molecular complexity index is 401. The summed E-state index contributed by atoms with van der Waals surface area (Å²) in [6.07, 6.45) is 1.64. The first-order valence-corrected chi connectivity index (χ1v) is 4.01. The fraction of sp³-hybridized carbons (Fsp3) is 0. The fourth-order valence-electron chi connectivity index (χ4n) is 1.03. The average Bonchev–Trinajstić information content (AvgIpc) is 2.41. The summed E-state index contributed by atoms with van der Waals surface area (Å²) >= 11 is 1.52. The van der Waals surface area contributed by atoms with E-state index in [2.05, 4.69) is 4.98 Å². The molecule has 0 atom stereocenters. The largest absolute Gasteiger partial charge is 0.366 e. The van der Waals surface area contributed by atoms with E-state index in [0.717, 1.165) is 10.2 Å². The molecule has 0 aromatic carbocycles. The van der Waals surface area contributed by atoms with Gasteiger partial charge in [0.05, 0.1) is 15.8 Å². The molecule has 2 heterocycles. The number of thiophene rings is 1. The van der Waals surface area contributed by atoms with Crippen LogP contribution < -0.4 is 5.73 Å². The highest BCUT2D eigenvalue weighted by Gasteiger charge is 2.08. The molecule has 0 unspecified atom stereocenters. The van der Waals surface area contributed by atoms with Crippen LogP contribution >= 0.6 is 11.3 Å². The number of rotatable bonds is 1. The van der Waals surface area contributed by atoms with Crippen molar-refractivity contribution < 1.29 is 4.79 Å². The van der Waals surface area contributed by atoms with Gasteiger partial charge in [-0.25, -0.2) is 0 Å². The number of nitrogens with one attached hydrogen (secondary N) is 1. The van der Waals surface area contributed by atoms with Crippen molar-refractivity contribution in [2.45, 2.75) is 0 Å². The minimum Gasteiger partial charge on any atom is -0.366 e. The predicted molar refractivity (Wildman–Crippen MR) is 44.7 cm³/mol. The van der Waals surface area contributed by atoms with E-state index in [1.165, 1.54) is 11.3 Å². The molecule has 0 saturated heterocycles. The van der Waals surface area contributed by atoms with Crippen LogP contribution in [0.1, 0.15) is 10.4 Å². The third-order valence-corrected chi connectivity index (χ3v) is 2.50. The Balaban J connectivity index is 2.78. The summed E-state index contributed by atoms with van der Waals surface area (Å²) in [5.41, 5.74) is 6.69. The summed E-state index contributed by atoms with van der Waals surface area (Å²) < 4.78 is 0.942. The second-order valence-electron chi connectivity index (χ2n) is 2.23. The summed E-state index contributed by atoms with van der Waals surface area (Å²) in [5, 5.41) is 1.92. The van der Waals surface area contributed by atoms with Crippen molar-refractivity contribution in [3.05, 3.63) is 23.2 Å². The molecule has 0 bridgehead atoms. The van der Waals surface area contributed by atoms with Gasteiger partial charge in [0.2, 0.25) is 0 Å². The van der Waals surface area contributed by atoms with E-state index in [-0.39, 0.29) is 5.91 Å². The second kappa shape index (κ2) is 2.10. The number of aromatic amines is 1. The van der Waals surface area contributed by atoms with Crippen LogP contribution in [0.5, 0.6) is 0 Å². The number of hydrogen-bond acceptors (Lipinski definition) is 2. The zero-order valence-corrected chi connectivity index (χ0v) is 6.44. The second-order valence-corrected chi connectivity index (χ2v) is 3.15. The number of aromatic nitrogens is 1. The lowest BCUT2D eigenvalue weighted by Crippen LogP contribution is -2.09. The van der Waals surface area contributed by atoms with Crippen LogP contribution in [0.25, 0.3) is 10.2 Å². The Morgan fingerprint density at radius 3 is 3.18 bits per heavy atom. The van der Waals surface area contributed by atoms with Crippen molar-refractivity contribution in [3.8, 4) is 0 Å². The van der Waals surface area contributed by atoms with Gasteiger partial charge in [0, 0.05) is 6.20 Å². The Labute approximate surface area is 66.8 Å². The number of carbonyl (C=O) groups is 1. The van der Waals surface area contributed by atoms with Crippen LogP contribution in [0, 0.1) is 0 Å². The molecule has 1 amide bonds. The summed E-state index contributed by atoms with van der Waals surface area (Å²) in [6.45, 7) is 0. The zero-order valence-electron chi connectivity index (χ0n) is 5.63. The molecule has 2 rings (SSSR count). The minimum absolute atomic E-state index is 0.376. The molecule has 3 N–H and O–H groups in total. The predicted octanol–water partition coefficient (Wildman–Crippen LogP) is 1.33. The lowest BCUT2D eigenvalue weighted by atomic mass is 10.3. The van der Waals surface area contributed by atoms with Gasteiger partial charge in [-0.15, -0.1) is 11.3 Å². The number of nitrogens with two attached hydrogens (primary N) is 1. The topological polar surface area (TPSA) is 58.9 Å². The maximum absolute atomic E-state index is 10.8. The van der Waals surface area contributed by atoms with Gasteiger partial charge in [0.25, 0.3) is 5.91 Å². The van der Waals surface area contributed by atoms with Crippen LogP contribution in [-0.2, 0) is 0 Å². The highest BCUT2D eigenvalue weighted by Crippen LogP contribution is 2.23. The lowest BCUT2D eigenvalue weighted by Gasteiger charge is -1.84. The number of amides is 1. The number of hydrogen-bond donors (Lipinski definition) is 2. The molecule has 0 aliphatic heterocycles. The Kier molecular flexibility index (Phi) is 1.22. The first-order chi connectivity index (χ1) is 5.29. The van der Waals surface area contributed by atoms with Crippen LogP contribution in [0.2, 0.25) is 0 Å². The van der Waals surface area contributed by atoms with Crippen LogP contribution in [-0.4, -0.2) is 10.9 Å². The molecule has 3 nitrogen and oxygen atoms in total. The first-order valence-electron chi connectivity index (χ1n) is 3.13. The van der Waals surface area contributed by atoms with E-state index in [9.17, 15) is 4.79 Å². The van der Waals surface area contributed by atoms with E-state index in [0.29, 0.717) is 5.56 Å². The monoisotopic (exact) mass is 166 g/mol. The zero-order chi connectivity index (χ0) is 7.84. The van der Waals surface area contributed by atoms with Crippen molar-refractivity contribution >= 4 is 27.5 Å². The van der Waals surface area contributed by atoms with Crippen molar-refractivity contribution in [2.75, 3.05) is 0 Å². The number of fused-ring (bicyclic) bond motifs is 1. The van der Waals surface area contributed by atoms with E-state index < -0.39 is 0 Å². The van der Waals surface area contributed by atoms with Gasteiger partial charge >= 0.3 is 0 Å². The maximum atomic E-state index is 10.8. The summed E-state index contributed by atoms with van der Waals surface area (Å²) in [7, 11) is 0. The minimum atomic E-state index is -0.376. The third kappa shape index (κ3) is 0.832. The smallest absolute Gasteiger partial charge is 0.251 e. The molecule has 2 aromatic rings. The van der Waals surface area contributed by atoms with Gasteiger partial charge in [-0.3, -0.25) is 4.79 Å². The molecule has 0 aliphatic rings. The summed E-state index contributed by atoms with van der Waals surface area (Å²) in [6, 6.07) is 1.92. The molecule has 11 heavy (non-hydrogen) atoms. The molecule has 0 spiro atoms. The van der Waals surface area contributed by atoms with Crippen molar-refractivity contribution in [3.63, 3.8) is 0 Å². The van der Waals surface area contributed by atoms with E-state index >= 15 is 0 Å². The molecular weight excluding hydrogens is 160 g/mol. The van der Waals surface area contributed by atoms with Crippen molar-refractivity contribution in [1.29, 1.82) is 0 Å². The van der Waals surface area contributed by atoms with Crippen LogP contribution in [0.4, 0.5) is 0 Å². The quantitative estimate of drug-likeness (QED) is 0.659. The molecule has 0 aliphatic carbocycles. The molecule has 2 aromatic heterocycles. The molecule has 0 saturated carbocycles. The van der Waals surface area contributed by atoms with Gasteiger partial charge in [-0.1, -0.05) is 0 Å². The Morgan fingerprint density at radius 2 is 2.45 bits per heavy atom. The van der Waals surface area contributed by atoms with Gasteiger partial charge in [-0.2, -0.15) is 0 Å².